The van der Waals surface area contributed by atoms with E-state index in [2.05, 4.69) is 0 Å². The SMILES string of the molecule is O=C1C(=O)N(c2ccc(C(=O)O)cc2)[C@@H](c2ccc(Cl)cc2)C1=C(O)c1ccccc1. The van der Waals surface area contributed by atoms with Crippen LogP contribution in [0.1, 0.15) is 27.5 Å². The van der Waals surface area contributed by atoms with E-state index in [1.165, 1.54) is 29.2 Å². The Morgan fingerprint density at radius 2 is 1.42 bits per heavy atom. The Bertz CT molecular complexity index is 1200. The predicted octanol–water partition coefficient (Wildman–Crippen LogP) is 4.66. The maximum absolute atomic E-state index is 13.0. The van der Waals surface area contributed by atoms with Gasteiger partial charge >= 0.3 is 5.97 Å². The Balaban J connectivity index is 1.91. The lowest BCUT2D eigenvalue weighted by atomic mass is 9.95. The quantitative estimate of drug-likeness (QED) is 0.354. The third-order valence-electron chi connectivity index (χ3n) is 5.07. The zero-order chi connectivity index (χ0) is 22.1. The number of ketones is 1. The topological polar surface area (TPSA) is 94.9 Å². The van der Waals surface area contributed by atoms with E-state index in [0.717, 1.165) is 0 Å². The molecule has 1 atom stereocenters. The number of rotatable bonds is 4. The van der Waals surface area contributed by atoms with Crippen molar-refractivity contribution in [1.82, 2.24) is 0 Å². The summed E-state index contributed by atoms with van der Waals surface area (Å²) in [5, 5.41) is 20.6. The number of carbonyl (C=O) groups is 3. The summed E-state index contributed by atoms with van der Waals surface area (Å²) >= 11 is 6.01. The van der Waals surface area contributed by atoms with Gasteiger partial charge in [0, 0.05) is 16.3 Å². The molecule has 0 saturated carbocycles. The number of carboxylic acid groups (broad SMARTS) is 1. The largest absolute Gasteiger partial charge is 0.507 e. The summed E-state index contributed by atoms with van der Waals surface area (Å²) in [5.74, 6) is -3.04. The summed E-state index contributed by atoms with van der Waals surface area (Å²) in [4.78, 5) is 38.4. The molecule has 31 heavy (non-hydrogen) atoms. The average Bonchev–Trinajstić information content (AvgIpc) is 3.05. The van der Waals surface area contributed by atoms with E-state index in [1.54, 1.807) is 54.6 Å². The maximum atomic E-state index is 13.0. The zero-order valence-electron chi connectivity index (χ0n) is 16.0. The average molecular weight is 434 g/mol. The van der Waals surface area contributed by atoms with Crippen LogP contribution in [0.3, 0.4) is 0 Å². The van der Waals surface area contributed by atoms with Crippen molar-refractivity contribution < 1.29 is 24.6 Å². The summed E-state index contributed by atoms with van der Waals surface area (Å²) in [6.07, 6.45) is 0. The van der Waals surface area contributed by atoms with Crippen LogP contribution in [-0.4, -0.2) is 27.9 Å². The summed E-state index contributed by atoms with van der Waals surface area (Å²) in [6.45, 7) is 0. The van der Waals surface area contributed by atoms with Gasteiger partial charge in [-0.1, -0.05) is 54.1 Å². The number of halogens is 1. The van der Waals surface area contributed by atoms with Crippen LogP contribution in [0.15, 0.2) is 84.4 Å². The predicted molar refractivity (Wildman–Crippen MR) is 116 cm³/mol. The molecule has 0 bridgehead atoms. The molecular weight excluding hydrogens is 418 g/mol. The van der Waals surface area contributed by atoms with Gasteiger partial charge < -0.3 is 10.2 Å². The first kappa shape index (κ1) is 20.4. The summed E-state index contributed by atoms with van der Waals surface area (Å²) in [7, 11) is 0. The second-order valence-electron chi connectivity index (χ2n) is 6.94. The minimum atomic E-state index is -1.10. The molecule has 1 fully saturated rings. The molecule has 1 heterocycles. The van der Waals surface area contributed by atoms with Crippen molar-refractivity contribution in [1.29, 1.82) is 0 Å². The van der Waals surface area contributed by atoms with Crippen LogP contribution >= 0.6 is 11.6 Å². The third-order valence-corrected chi connectivity index (χ3v) is 5.32. The molecule has 3 aromatic carbocycles. The number of aliphatic hydroxyl groups excluding tert-OH is 1. The molecule has 154 valence electrons. The lowest BCUT2D eigenvalue weighted by Gasteiger charge is -2.25. The van der Waals surface area contributed by atoms with Crippen LogP contribution in [0.25, 0.3) is 5.76 Å². The Morgan fingerprint density at radius 1 is 0.806 bits per heavy atom. The fourth-order valence-electron chi connectivity index (χ4n) is 3.58. The molecule has 1 saturated heterocycles. The van der Waals surface area contributed by atoms with Crippen molar-refractivity contribution in [3.63, 3.8) is 0 Å². The van der Waals surface area contributed by atoms with Crippen LogP contribution in [-0.2, 0) is 9.59 Å². The Kier molecular flexibility index (Phi) is 5.31. The second-order valence-corrected chi connectivity index (χ2v) is 7.38. The first-order valence-corrected chi connectivity index (χ1v) is 9.71. The van der Waals surface area contributed by atoms with E-state index in [0.29, 0.717) is 21.8 Å². The third kappa shape index (κ3) is 3.69. The summed E-state index contributed by atoms with van der Waals surface area (Å²) in [6, 6.07) is 19.8. The highest BCUT2D eigenvalue weighted by molar-refractivity contribution is 6.51. The van der Waals surface area contributed by atoms with Gasteiger partial charge in [-0.3, -0.25) is 14.5 Å². The van der Waals surface area contributed by atoms with Crippen molar-refractivity contribution in [3.8, 4) is 0 Å². The second kappa shape index (κ2) is 8.08. The maximum Gasteiger partial charge on any atom is 0.335 e. The van der Waals surface area contributed by atoms with Gasteiger partial charge in [-0.15, -0.1) is 0 Å². The number of amides is 1. The Labute approximate surface area is 182 Å². The molecule has 1 aliphatic rings. The van der Waals surface area contributed by atoms with Gasteiger partial charge in [0.25, 0.3) is 11.7 Å². The fraction of sp³-hybridized carbons (Fsp3) is 0.0417. The highest BCUT2D eigenvalue weighted by Gasteiger charge is 2.46. The normalized spacial score (nSPS) is 17.7. The molecule has 0 unspecified atom stereocenters. The first-order chi connectivity index (χ1) is 14.9. The molecular formula is C24H16ClNO5. The van der Waals surface area contributed by atoms with Gasteiger partial charge in [0.15, 0.2) is 0 Å². The minimum absolute atomic E-state index is 0.0488. The van der Waals surface area contributed by atoms with E-state index in [-0.39, 0.29) is 16.9 Å². The van der Waals surface area contributed by atoms with Crippen molar-refractivity contribution in [2.45, 2.75) is 6.04 Å². The van der Waals surface area contributed by atoms with Gasteiger partial charge in [0.1, 0.15) is 5.76 Å². The smallest absolute Gasteiger partial charge is 0.335 e. The number of hydrogen-bond donors (Lipinski definition) is 2. The monoisotopic (exact) mass is 433 g/mol. The van der Waals surface area contributed by atoms with Crippen molar-refractivity contribution in [2.24, 2.45) is 0 Å². The molecule has 0 aliphatic carbocycles. The molecule has 1 amide bonds. The van der Waals surface area contributed by atoms with Crippen LogP contribution in [0.5, 0.6) is 0 Å². The lowest BCUT2D eigenvalue weighted by molar-refractivity contribution is -0.132. The first-order valence-electron chi connectivity index (χ1n) is 9.33. The minimum Gasteiger partial charge on any atom is -0.507 e. The van der Waals surface area contributed by atoms with Crippen LogP contribution in [0, 0.1) is 0 Å². The van der Waals surface area contributed by atoms with Crippen LogP contribution < -0.4 is 4.90 Å². The summed E-state index contributed by atoms with van der Waals surface area (Å²) < 4.78 is 0. The van der Waals surface area contributed by atoms with Crippen molar-refractivity contribution in [2.75, 3.05) is 4.90 Å². The zero-order valence-corrected chi connectivity index (χ0v) is 16.8. The number of carboxylic acids is 1. The molecule has 0 aromatic heterocycles. The lowest BCUT2D eigenvalue weighted by Crippen LogP contribution is -2.29. The fourth-order valence-corrected chi connectivity index (χ4v) is 3.70. The number of Topliss-reactive ketones (excluding diaryl/α,β-unsaturated/α-hetero) is 1. The number of benzene rings is 3. The summed E-state index contributed by atoms with van der Waals surface area (Å²) in [5.41, 5.74) is 1.30. The molecule has 3 aromatic rings. The number of hydrogen-bond acceptors (Lipinski definition) is 4. The van der Waals surface area contributed by atoms with E-state index in [1.807, 2.05) is 0 Å². The van der Waals surface area contributed by atoms with E-state index < -0.39 is 23.7 Å². The van der Waals surface area contributed by atoms with Crippen molar-refractivity contribution >= 4 is 40.7 Å². The highest BCUT2D eigenvalue weighted by atomic mass is 35.5. The van der Waals surface area contributed by atoms with Gasteiger partial charge in [-0.05, 0) is 42.0 Å². The van der Waals surface area contributed by atoms with E-state index in [9.17, 15) is 19.5 Å². The Morgan fingerprint density at radius 3 is 2.00 bits per heavy atom. The molecule has 2 N–H and O–H groups in total. The molecule has 1 aliphatic heterocycles. The standard InChI is InChI=1S/C24H16ClNO5/c25-17-10-6-14(7-11-17)20-19(21(27)15-4-2-1-3-5-15)22(28)23(29)26(20)18-12-8-16(9-13-18)24(30)31/h1-13,20,27H,(H,30,31)/t20-/m0/s1. The molecule has 6 nitrogen and oxygen atoms in total. The number of carbonyl (C=O) groups excluding carboxylic acids is 2. The Hall–Kier alpha value is -3.90. The van der Waals surface area contributed by atoms with Gasteiger partial charge in [-0.25, -0.2) is 4.79 Å². The van der Waals surface area contributed by atoms with Gasteiger partial charge in [-0.2, -0.15) is 0 Å². The van der Waals surface area contributed by atoms with Crippen LogP contribution in [0.4, 0.5) is 5.69 Å². The molecule has 7 heteroatoms. The molecule has 0 spiro atoms. The number of aliphatic hydroxyl groups is 1. The van der Waals surface area contributed by atoms with E-state index >= 15 is 0 Å². The van der Waals surface area contributed by atoms with E-state index in [4.69, 9.17) is 16.7 Å². The number of nitrogens with zero attached hydrogens (tertiary/aromatic N) is 1. The van der Waals surface area contributed by atoms with Gasteiger partial charge in [0.2, 0.25) is 0 Å². The van der Waals surface area contributed by atoms with Crippen molar-refractivity contribution in [3.05, 3.63) is 106 Å². The molecule has 0 radical (unpaired) electrons. The molecule has 4 rings (SSSR count). The number of anilines is 1. The number of aromatic carboxylic acids is 1. The van der Waals surface area contributed by atoms with Gasteiger partial charge in [0.05, 0.1) is 17.2 Å². The highest BCUT2D eigenvalue weighted by Crippen LogP contribution is 2.42. The van der Waals surface area contributed by atoms with Crippen LogP contribution in [0.2, 0.25) is 5.02 Å².